The number of sulfonamides is 1. The van der Waals surface area contributed by atoms with Gasteiger partial charge in [-0.25, -0.2) is 17.5 Å². The van der Waals surface area contributed by atoms with Crippen LogP contribution in [0.5, 0.6) is 0 Å². The van der Waals surface area contributed by atoms with Crippen molar-refractivity contribution in [3.05, 3.63) is 30.1 Å². The highest BCUT2D eigenvalue weighted by Crippen LogP contribution is 2.20. The molecule has 0 bridgehead atoms. The maximum absolute atomic E-state index is 12.7. The predicted octanol–water partition coefficient (Wildman–Crippen LogP) is 2.44. The van der Waals surface area contributed by atoms with Crippen molar-refractivity contribution < 1.29 is 12.8 Å². The molecule has 5 heteroatoms. The van der Waals surface area contributed by atoms with Gasteiger partial charge < -0.3 is 0 Å². The second-order valence-electron chi connectivity index (χ2n) is 4.41. The molecule has 1 aliphatic carbocycles. The van der Waals surface area contributed by atoms with Gasteiger partial charge in [-0.1, -0.05) is 19.3 Å². The zero-order valence-corrected chi connectivity index (χ0v) is 10.3. The van der Waals surface area contributed by atoms with Crippen molar-refractivity contribution in [2.75, 3.05) is 0 Å². The molecule has 0 amide bonds. The van der Waals surface area contributed by atoms with Crippen molar-refractivity contribution >= 4 is 10.0 Å². The predicted molar refractivity (Wildman–Crippen MR) is 63.6 cm³/mol. The van der Waals surface area contributed by atoms with Crippen molar-refractivity contribution in [1.29, 1.82) is 0 Å². The van der Waals surface area contributed by atoms with E-state index in [2.05, 4.69) is 4.72 Å². The van der Waals surface area contributed by atoms with Gasteiger partial charge in [0.1, 0.15) is 5.82 Å². The van der Waals surface area contributed by atoms with Crippen LogP contribution in [-0.4, -0.2) is 14.5 Å². The van der Waals surface area contributed by atoms with Crippen LogP contribution < -0.4 is 4.72 Å². The van der Waals surface area contributed by atoms with E-state index in [0.29, 0.717) is 0 Å². The third-order valence-corrected chi connectivity index (χ3v) is 4.59. The molecule has 0 radical (unpaired) electrons. The van der Waals surface area contributed by atoms with Gasteiger partial charge in [0.2, 0.25) is 10.0 Å². The lowest BCUT2D eigenvalue weighted by molar-refractivity contribution is 0.412. The molecule has 1 N–H and O–H groups in total. The molecule has 1 saturated carbocycles. The molecule has 0 heterocycles. The second-order valence-corrected chi connectivity index (χ2v) is 6.12. The summed E-state index contributed by atoms with van der Waals surface area (Å²) in [4.78, 5) is 0.129. The van der Waals surface area contributed by atoms with Gasteiger partial charge in [0, 0.05) is 6.04 Å². The average molecular weight is 257 g/mol. The summed E-state index contributed by atoms with van der Waals surface area (Å²) in [5.74, 6) is -0.429. The minimum atomic E-state index is -3.49. The Morgan fingerprint density at radius 1 is 1.06 bits per heavy atom. The highest BCUT2D eigenvalue weighted by Gasteiger charge is 2.21. The van der Waals surface area contributed by atoms with Crippen LogP contribution in [-0.2, 0) is 10.0 Å². The van der Waals surface area contributed by atoms with E-state index >= 15 is 0 Å². The Labute approximate surface area is 101 Å². The smallest absolute Gasteiger partial charge is 0.208 e. The summed E-state index contributed by atoms with van der Waals surface area (Å²) in [7, 11) is -3.49. The number of hydrogen-bond acceptors (Lipinski definition) is 2. The van der Waals surface area contributed by atoms with Crippen LogP contribution in [0.4, 0.5) is 4.39 Å². The summed E-state index contributed by atoms with van der Waals surface area (Å²) in [6.45, 7) is 0. The SMILES string of the molecule is O=S(=O)(NC1CCCCC1)c1ccc(F)cc1. The van der Waals surface area contributed by atoms with E-state index in [1.807, 2.05) is 0 Å². The molecule has 17 heavy (non-hydrogen) atoms. The highest BCUT2D eigenvalue weighted by molar-refractivity contribution is 7.89. The van der Waals surface area contributed by atoms with Gasteiger partial charge >= 0.3 is 0 Å². The number of benzene rings is 1. The van der Waals surface area contributed by atoms with E-state index in [4.69, 9.17) is 0 Å². The summed E-state index contributed by atoms with van der Waals surface area (Å²) >= 11 is 0. The lowest BCUT2D eigenvalue weighted by Crippen LogP contribution is -2.36. The quantitative estimate of drug-likeness (QED) is 0.904. The fraction of sp³-hybridized carbons (Fsp3) is 0.500. The maximum Gasteiger partial charge on any atom is 0.240 e. The molecule has 3 nitrogen and oxygen atoms in total. The Morgan fingerprint density at radius 2 is 1.65 bits per heavy atom. The summed E-state index contributed by atoms with van der Waals surface area (Å²) < 4.78 is 39.4. The monoisotopic (exact) mass is 257 g/mol. The minimum Gasteiger partial charge on any atom is -0.208 e. The number of halogens is 1. The van der Waals surface area contributed by atoms with Crippen molar-refractivity contribution in [2.45, 2.75) is 43.0 Å². The molecular weight excluding hydrogens is 241 g/mol. The topological polar surface area (TPSA) is 46.2 Å². The van der Waals surface area contributed by atoms with Crippen molar-refractivity contribution in [3.8, 4) is 0 Å². The van der Waals surface area contributed by atoms with Crippen molar-refractivity contribution in [2.24, 2.45) is 0 Å². The lowest BCUT2D eigenvalue weighted by Gasteiger charge is -2.22. The third-order valence-electron chi connectivity index (χ3n) is 3.05. The fourth-order valence-corrected chi connectivity index (χ4v) is 3.43. The zero-order chi connectivity index (χ0) is 12.3. The highest BCUT2D eigenvalue weighted by atomic mass is 32.2. The Morgan fingerprint density at radius 3 is 2.24 bits per heavy atom. The molecule has 0 unspecified atom stereocenters. The van der Waals surface area contributed by atoms with Crippen LogP contribution in [0, 0.1) is 5.82 Å². The Bertz CT molecular complexity index is 464. The fourth-order valence-electron chi connectivity index (χ4n) is 2.12. The first-order valence-electron chi connectivity index (χ1n) is 5.86. The molecule has 0 aromatic heterocycles. The van der Waals surface area contributed by atoms with E-state index in [-0.39, 0.29) is 10.9 Å². The first-order chi connectivity index (χ1) is 8.08. The maximum atomic E-state index is 12.7. The molecule has 2 rings (SSSR count). The van der Waals surface area contributed by atoms with Gasteiger partial charge in [0.05, 0.1) is 4.90 Å². The Balaban J connectivity index is 2.10. The summed E-state index contributed by atoms with van der Waals surface area (Å²) in [6.07, 6.45) is 5.09. The van der Waals surface area contributed by atoms with Gasteiger partial charge in [-0.15, -0.1) is 0 Å². The Kier molecular flexibility index (Phi) is 3.79. The third kappa shape index (κ3) is 3.26. The molecule has 0 aliphatic heterocycles. The number of rotatable bonds is 3. The molecule has 1 aliphatic rings. The first-order valence-corrected chi connectivity index (χ1v) is 7.34. The molecule has 0 spiro atoms. The van der Waals surface area contributed by atoms with E-state index in [1.54, 1.807) is 0 Å². The van der Waals surface area contributed by atoms with Gasteiger partial charge in [-0.05, 0) is 37.1 Å². The molecule has 1 aromatic carbocycles. The second kappa shape index (κ2) is 5.14. The van der Waals surface area contributed by atoms with E-state index in [9.17, 15) is 12.8 Å². The van der Waals surface area contributed by atoms with Gasteiger partial charge in [-0.2, -0.15) is 0 Å². The molecule has 0 atom stereocenters. The summed E-state index contributed by atoms with van der Waals surface area (Å²) in [5.41, 5.74) is 0. The number of nitrogens with one attached hydrogen (secondary N) is 1. The van der Waals surface area contributed by atoms with Crippen LogP contribution in [0.1, 0.15) is 32.1 Å². The molecule has 1 fully saturated rings. The van der Waals surface area contributed by atoms with Gasteiger partial charge in [0.15, 0.2) is 0 Å². The summed E-state index contributed by atoms with van der Waals surface area (Å²) in [6, 6.07) is 4.94. The zero-order valence-electron chi connectivity index (χ0n) is 9.52. The lowest BCUT2D eigenvalue weighted by atomic mass is 9.96. The molecule has 0 saturated heterocycles. The van der Waals surface area contributed by atoms with Crippen molar-refractivity contribution in [1.82, 2.24) is 4.72 Å². The normalized spacial score (nSPS) is 18.2. The van der Waals surface area contributed by atoms with Crippen LogP contribution in [0.2, 0.25) is 0 Å². The first kappa shape index (κ1) is 12.5. The van der Waals surface area contributed by atoms with E-state index in [0.717, 1.165) is 37.8 Å². The van der Waals surface area contributed by atoms with E-state index in [1.165, 1.54) is 18.6 Å². The summed E-state index contributed by atoms with van der Waals surface area (Å²) in [5, 5.41) is 0. The van der Waals surface area contributed by atoms with E-state index < -0.39 is 15.8 Å². The van der Waals surface area contributed by atoms with Crippen LogP contribution in [0.3, 0.4) is 0 Å². The van der Waals surface area contributed by atoms with Crippen LogP contribution >= 0.6 is 0 Å². The van der Waals surface area contributed by atoms with Crippen molar-refractivity contribution in [3.63, 3.8) is 0 Å². The minimum absolute atomic E-state index is 0.0267. The molecular formula is C12H16FNO2S. The number of hydrogen-bond donors (Lipinski definition) is 1. The average Bonchev–Trinajstić information content (AvgIpc) is 2.30. The molecule has 94 valence electrons. The van der Waals surface area contributed by atoms with Crippen LogP contribution in [0.25, 0.3) is 0 Å². The van der Waals surface area contributed by atoms with Crippen LogP contribution in [0.15, 0.2) is 29.2 Å². The van der Waals surface area contributed by atoms with Gasteiger partial charge in [-0.3, -0.25) is 0 Å². The standard InChI is InChI=1S/C12H16FNO2S/c13-10-6-8-12(9-7-10)17(15,16)14-11-4-2-1-3-5-11/h6-9,11,14H,1-5H2. The molecule has 1 aromatic rings. The van der Waals surface area contributed by atoms with Gasteiger partial charge in [0.25, 0.3) is 0 Å². The Hall–Kier alpha value is -0.940. The largest absolute Gasteiger partial charge is 0.240 e.